The van der Waals surface area contributed by atoms with Gasteiger partial charge in [0.25, 0.3) is 10.0 Å². The molecule has 1 fully saturated rings. The van der Waals surface area contributed by atoms with Gasteiger partial charge in [-0.1, -0.05) is 29.8 Å². The second-order valence-electron chi connectivity index (χ2n) is 6.01. The number of hydrogen-bond acceptors (Lipinski definition) is 4. The highest BCUT2D eigenvalue weighted by molar-refractivity contribution is 9.11. The summed E-state index contributed by atoms with van der Waals surface area (Å²) in [7, 11) is -3.47. The summed E-state index contributed by atoms with van der Waals surface area (Å²) < 4.78 is 27.8. The third-order valence-electron chi connectivity index (χ3n) is 4.21. The molecule has 0 bridgehead atoms. The summed E-state index contributed by atoms with van der Waals surface area (Å²) in [5, 5.41) is 0. The highest BCUT2D eigenvalue weighted by Gasteiger charge is 2.31. The van der Waals surface area contributed by atoms with E-state index in [1.54, 1.807) is 17.0 Å². The molecule has 134 valence electrons. The molecule has 0 unspecified atom stereocenters. The van der Waals surface area contributed by atoms with E-state index in [-0.39, 0.29) is 5.91 Å². The number of amides is 1. The standard InChI is InChI=1S/C17H19BrN2O3S2/c1-13-2-4-14(5-3-13)12-16(21)19-8-10-20(11-9-19)25(22,23)17-7-6-15(18)24-17/h2-7H,8-12H2,1H3. The van der Waals surface area contributed by atoms with Crippen LogP contribution in [0, 0.1) is 6.92 Å². The van der Waals surface area contributed by atoms with Gasteiger partial charge in [-0.25, -0.2) is 8.42 Å². The zero-order chi connectivity index (χ0) is 18.0. The molecule has 1 saturated heterocycles. The van der Waals surface area contributed by atoms with E-state index >= 15 is 0 Å². The Balaban J connectivity index is 1.59. The average Bonchev–Trinajstić information content (AvgIpc) is 3.04. The van der Waals surface area contributed by atoms with E-state index in [4.69, 9.17) is 0 Å². The molecule has 2 heterocycles. The van der Waals surface area contributed by atoms with Crippen molar-refractivity contribution in [1.82, 2.24) is 9.21 Å². The molecule has 1 aromatic heterocycles. The largest absolute Gasteiger partial charge is 0.340 e. The highest BCUT2D eigenvalue weighted by atomic mass is 79.9. The van der Waals surface area contributed by atoms with Crippen molar-refractivity contribution in [3.8, 4) is 0 Å². The summed E-state index contributed by atoms with van der Waals surface area (Å²) in [5.74, 6) is 0.0415. The Morgan fingerprint density at radius 2 is 1.72 bits per heavy atom. The van der Waals surface area contributed by atoms with Crippen LogP contribution in [0.4, 0.5) is 0 Å². The van der Waals surface area contributed by atoms with Gasteiger partial charge in [0.05, 0.1) is 10.2 Å². The van der Waals surface area contributed by atoms with E-state index in [1.807, 2.05) is 31.2 Å². The zero-order valence-electron chi connectivity index (χ0n) is 13.8. The van der Waals surface area contributed by atoms with E-state index < -0.39 is 10.0 Å². The van der Waals surface area contributed by atoms with Gasteiger partial charge < -0.3 is 4.90 Å². The Hall–Kier alpha value is -1.22. The molecule has 0 atom stereocenters. The second kappa shape index (κ2) is 7.57. The first-order chi connectivity index (χ1) is 11.9. The van der Waals surface area contributed by atoms with Crippen LogP contribution in [0.5, 0.6) is 0 Å². The molecule has 25 heavy (non-hydrogen) atoms. The van der Waals surface area contributed by atoms with Crippen LogP contribution in [0.1, 0.15) is 11.1 Å². The fourth-order valence-corrected chi connectivity index (χ4v) is 6.32. The van der Waals surface area contributed by atoms with Crippen molar-refractivity contribution in [2.45, 2.75) is 17.6 Å². The van der Waals surface area contributed by atoms with Gasteiger partial charge in [-0.15, -0.1) is 11.3 Å². The molecule has 0 N–H and O–H groups in total. The lowest BCUT2D eigenvalue weighted by molar-refractivity contribution is -0.131. The maximum Gasteiger partial charge on any atom is 0.252 e. The number of aryl methyl sites for hydroxylation is 1. The van der Waals surface area contributed by atoms with E-state index in [0.29, 0.717) is 36.8 Å². The van der Waals surface area contributed by atoms with Crippen molar-refractivity contribution in [3.63, 3.8) is 0 Å². The third kappa shape index (κ3) is 4.31. The fraction of sp³-hybridized carbons (Fsp3) is 0.353. The number of nitrogens with zero attached hydrogens (tertiary/aromatic N) is 2. The van der Waals surface area contributed by atoms with Gasteiger partial charge in [0.2, 0.25) is 5.91 Å². The van der Waals surface area contributed by atoms with Crippen LogP contribution in [-0.4, -0.2) is 49.7 Å². The lowest BCUT2D eigenvalue weighted by Crippen LogP contribution is -2.50. The molecule has 8 heteroatoms. The van der Waals surface area contributed by atoms with Crippen LogP contribution in [0.2, 0.25) is 0 Å². The number of piperazine rings is 1. The summed E-state index contributed by atoms with van der Waals surface area (Å²) in [4.78, 5) is 14.2. The van der Waals surface area contributed by atoms with Gasteiger partial charge in [-0.3, -0.25) is 4.79 Å². The number of halogens is 1. The van der Waals surface area contributed by atoms with Crippen molar-refractivity contribution in [3.05, 3.63) is 51.3 Å². The van der Waals surface area contributed by atoms with Crippen LogP contribution >= 0.6 is 27.3 Å². The summed E-state index contributed by atoms with van der Waals surface area (Å²) in [6.07, 6.45) is 0.352. The van der Waals surface area contributed by atoms with Crippen molar-refractivity contribution in [2.24, 2.45) is 0 Å². The first-order valence-corrected chi connectivity index (χ1v) is 11.0. The molecular formula is C17H19BrN2O3S2. The number of sulfonamides is 1. The topological polar surface area (TPSA) is 57.7 Å². The van der Waals surface area contributed by atoms with Crippen molar-refractivity contribution in [2.75, 3.05) is 26.2 Å². The predicted molar refractivity (Wildman–Crippen MR) is 102 cm³/mol. The van der Waals surface area contributed by atoms with E-state index in [9.17, 15) is 13.2 Å². The summed E-state index contributed by atoms with van der Waals surface area (Å²) in [6.45, 7) is 3.53. The van der Waals surface area contributed by atoms with Gasteiger partial charge in [0.1, 0.15) is 4.21 Å². The SMILES string of the molecule is Cc1ccc(CC(=O)N2CCN(S(=O)(=O)c3ccc(Br)s3)CC2)cc1. The first-order valence-electron chi connectivity index (χ1n) is 7.95. The van der Waals surface area contributed by atoms with Crippen molar-refractivity contribution < 1.29 is 13.2 Å². The predicted octanol–water partition coefficient (Wildman–Crippen LogP) is 2.89. The fourth-order valence-electron chi connectivity index (χ4n) is 2.73. The molecule has 1 amide bonds. The smallest absolute Gasteiger partial charge is 0.252 e. The third-order valence-corrected chi connectivity index (χ3v) is 8.20. The van der Waals surface area contributed by atoms with Crippen LogP contribution < -0.4 is 0 Å². The lowest BCUT2D eigenvalue weighted by atomic mass is 10.1. The monoisotopic (exact) mass is 442 g/mol. The van der Waals surface area contributed by atoms with Crippen molar-refractivity contribution >= 4 is 43.2 Å². The number of thiophene rings is 1. The summed E-state index contributed by atoms with van der Waals surface area (Å²) in [5.41, 5.74) is 2.14. The van der Waals surface area contributed by atoms with E-state index in [1.165, 1.54) is 15.6 Å². The molecule has 0 radical (unpaired) electrons. The number of carbonyl (C=O) groups excluding carboxylic acids is 1. The maximum absolute atomic E-state index is 12.6. The van der Waals surface area contributed by atoms with Gasteiger partial charge in [0, 0.05) is 26.2 Å². The minimum absolute atomic E-state index is 0.0415. The van der Waals surface area contributed by atoms with Crippen molar-refractivity contribution in [1.29, 1.82) is 0 Å². The summed E-state index contributed by atoms with van der Waals surface area (Å²) >= 11 is 4.50. The Labute approximate surface area is 160 Å². The molecule has 1 aromatic carbocycles. The summed E-state index contributed by atoms with van der Waals surface area (Å²) in [6, 6.07) is 11.3. The van der Waals surface area contributed by atoms with Gasteiger partial charge >= 0.3 is 0 Å². The number of hydrogen-bond donors (Lipinski definition) is 0. The van der Waals surface area contributed by atoms with Crippen LogP contribution in [0.3, 0.4) is 0 Å². The number of rotatable bonds is 4. The lowest BCUT2D eigenvalue weighted by Gasteiger charge is -2.33. The quantitative estimate of drug-likeness (QED) is 0.731. The maximum atomic E-state index is 12.6. The molecule has 0 spiro atoms. The molecule has 0 saturated carbocycles. The van der Waals surface area contributed by atoms with Crippen LogP contribution in [0.15, 0.2) is 44.4 Å². The number of benzene rings is 1. The molecular weight excluding hydrogens is 424 g/mol. The molecule has 1 aliphatic heterocycles. The Kier molecular flexibility index (Phi) is 5.62. The Morgan fingerprint density at radius 3 is 2.28 bits per heavy atom. The van der Waals surface area contributed by atoms with Gasteiger partial charge in [0.15, 0.2) is 0 Å². The van der Waals surface area contributed by atoms with Gasteiger partial charge in [-0.2, -0.15) is 4.31 Å². The second-order valence-corrected chi connectivity index (χ2v) is 10.6. The first kappa shape index (κ1) is 18.6. The molecule has 0 aliphatic carbocycles. The molecule has 3 rings (SSSR count). The normalized spacial score (nSPS) is 16.2. The van der Waals surface area contributed by atoms with E-state index in [0.717, 1.165) is 14.9 Å². The molecule has 2 aromatic rings. The minimum atomic E-state index is -3.47. The Bertz CT molecular complexity index is 854. The molecule has 5 nitrogen and oxygen atoms in total. The average molecular weight is 443 g/mol. The molecule has 1 aliphatic rings. The zero-order valence-corrected chi connectivity index (χ0v) is 17.0. The van der Waals surface area contributed by atoms with E-state index in [2.05, 4.69) is 15.9 Å². The minimum Gasteiger partial charge on any atom is -0.340 e. The number of carbonyl (C=O) groups is 1. The van der Waals surface area contributed by atoms with Crippen LogP contribution in [0.25, 0.3) is 0 Å². The highest BCUT2D eigenvalue weighted by Crippen LogP contribution is 2.29. The van der Waals surface area contributed by atoms with Crippen LogP contribution in [-0.2, 0) is 21.2 Å². The van der Waals surface area contributed by atoms with Gasteiger partial charge in [-0.05, 0) is 40.5 Å². The Morgan fingerprint density at radius 1 is 1.08 bits per heavy atom.